The summed E-state index contributed by atoms with van der Waals surface area (Å²) in [5.41, 5.74) is 5.96. The standard InChI is InChI=1S/C18H14F3N2.C17H9N4.Ir/c1-12-5-3-6-13(2)16(12)23-10-9-22-17(23)14-7-4-8-15(11-14)18(19,20)21;1-2-7-13-11(5-1)12-6-3-4-8-14(12)21-16(13)20-15-17(21)19-10-9-18-15;/h3-6,8-11H,1-2H3;1-6,8-10H;/q2*-1;. The monoisotopic (exact) mass is 777 g/mol. The predicted octanol–water partition coefficient (Wildman–Crippen LogP) is 8.36. The van der Waals surface area contributed by atoms with Gasteiger partial charge in [0.15, 0.2) is 11.3 Å². The molecular formula is C35H23F3IrN6-2. The summed E-state index contributed by atoms with van der Waals surface area (Å²) in [4.78, 5) is 17.7. The van der Waals surface area contributed by atoms with Crippen molar-refractivity contribution in [1.82, 2.24) is 28.9 Å². The maximum absolute atomic E-state index is 12.9. The first-order chi connectivity index (χ1) is 21.3. The van der Waals surface area contributed by atoms with Gasteiger partial charge >= 0.3 is 6.18 Å². The number of rotatable bonds is 2. The third-order valence-electron chi connectivity index (χ3n) is 7.50. The fourth-order valence-electron chi connectivity index (χ4n) is 5.59. The number of aryl methyl sites for hydroxylation is 2. The number of fused-ring (bicyclic) bond motifs is 8. The molecule has 0 amide bonds. The number of imidazole rings is 2. The first-order valence-corrected chi connectivity index (χ1v) is 13.8. The van der Waals surface area contributed by atoms with Crippen molar-refractivity contribution in [3.63, 3.8) is 0 Å². The van der Waals surface area contributed by atoms with E-state index in [-0.39, 0.29) is 20.1 Å². The molecule has 0 spiro atoms. The second-order valence-electron chi connectivity index (χ2n) is 10.3. The molecule has 0 saturated carbocycles. The van der Waals surface area contributed by atoms with E-state index in [1.807, 2.05) is 56.3 Å². The maximum Gasteiger partial charge on any atom is 0.399 e. The van der Waals surface area contributed by atoms with Crippen molar-refractivity contribution in [2.45, 2.75) is 20.0 Å². The molecule has 0 aliphatic rings. The first-order valence-electron chi connectivity index (χ1n) is 13.8. The van der Waals surface area contributed by atoms with Crippen LogP contribution < -0.4 is 0 Å². The molecule has 4 aromatic carbocycles. The number of hydrogen-bond donors (Lipinski definition) is 0. The summed E-state index contributed by atoms with van der Waals surface area (Å²) in [6.45, 7) is 3.92. The molecule has 8 aromatic rings. The van der Waals surface area contributed by atoms with Gasteiger partial charge in [0.25, 0.3) is 0 Å². The Labute approximate surface area is 269 Å². The molecular weight excluding hydrogens is 754 g/mol. The van der Waals surface area contributed by atoms with Gasteiger partial charge in [-0.05, 0) is 42.0 Å². The molecule has 0 bridgehead atoms. The fourth-order valence-corrected chi connectivity index (χ4v) is 5.59. The zero-order valence-corrected chi connectivity index (χ0v) is 26.4. The summed E-state index contributed by atoms with van der Waals surface area (Å²) in [7, 11) is 0. The van der Waals surface area contributed by atoms with E-state index in [4.69, 9.17) is 0 Å². The van der Waals surface area contributed by atoms with E-state index >= 15 is 0 Å². The molecule has 225 valence electrons. The van der Waals surface area contributed by atoms with E-state index in [0.29, 0.717) is 17.0 Å². The molecule has 6 nitrogen and oxygen atoms in total. The second-order valence-corrected chi connectivity index (χ2v) is 10.3. The van der Waals surface area contributed by atoms with Crippen molar-refractivity contribution in [2.75, 3.05) is 0 Å². The maximum atomic E-state index is 12.9. The molecule has 45 heavy (non-hydrogen) atoms. The van der Waals surface area contributed by atoms with Crippen LogP contribution in [-0.2, 0) is 26.3 Å². The molecule has 0 fully saturated rings. The van der Waals surface area contributed by atoms with Crippen molar-refractivity contribution in [3.05, 3.63) is 132 Å². The number of nitrogens with zero attached hydrogens (tertiary/aromatic N) is 6. The zero-order chi connectivity index (χ0) is 30.4. The topological polar surface area (TPSA) is 60.9 Å². The minimum atomic E-state index is -4.39. The third kappa shape index (κ3) is 5.36. The van der Waals surface area contributed by atoms with Crippen molar-refractivity contribution in [1.29, 1.82) is 0 Å². The van der Waals surface area contributed by atoms with E-state index in [1.165, 1.54) is 11.5 Å². The van der Waals surface area contributed by atoms with Crippen LogP contribution in [0, 0.1) is 26.0 Å². The Morgan fingerprint density at radius 3 is 2.29 bits per heavy atom. The molecule has 0 aliphatic heterocycles. The molecule has 4 aromatic heterocycles. The molecule has 0 unspecified atom stereocenters. The second kappa shape index (κ2) is 11.9. The molecule has 4 heterocycles. The third-order valence-corrected chi connectivity index (χ3v) is 7.50. The molecule has 8 rings (SSSR count). The first kappa shape index (κ1) is 30.1. The van der Waals surface area contributed by atoms with Crippen molar-refractivity contribution < 1.29 is 33.3 Å². The molecule has 10 heteroatoms. The van der Waals surface area contributed by atoms with E-state index in [1.54, 1.807) is 29.4 Å². The van der Waals surface area contributed by atoms with Crippen LogP contribution in [-0.4, -0.2) is 28.9 Å². The van der Waals surface area contributed by atoms with Gasteiger partial charge in [0.05, 0.1) is 11.5 Å². The van der Waals surface area contributed by atoms with Gasteiger partial charge in [-0.3, -0.25) is 9.97 Å². The van der Waals surface area contributed by atoms with Crippen LogP contribution in [0.5, 0.6) is 0 Å². The largest absolute Gasteiger partial charge is 0.399 e. The average molecular weight is 777 g/mol. The van der Waals surface area contributed by atoms with E-state index in [2.05, 4.69) is 54.7 Å². The van der Waals surface area contributed by atoms with Gasteiger partial charge in [0.1, 0.15) is 0 Å². The number of hydrogen-bond acceptors (Lipinski definition) is 4. The van der Waals surface area contributed by atoms with Gasteiger partial charge < -0.3 is 8.97 Å². The Hall–Kier alpha value is -4.92. The smallest absolute Gasteiger partial charge is 0.340 e. The zero-order valence-electron chi connectivity index (χ0n) is 24.0. The quantitative estimate of drug-likeness (QED) is 0.131. The summed E-state index contributed by atoms with van der Waals surface area (Å²) in [5.74, 6) is 0.438. The Bertz CT molecular complexity index is 2300. The molecule has 0 atom stereocenters. The average Bonchev–Trinajstić information content (AvgIpc) is 3.67. The van der Waals surface area contributed by atoms with Gasteiger partial charge in [-0.1, -0.05) is 41.8 Å². The minimum Gasteiger partial charge on any atom is -0.340 e. The van der Waals surface area contributed by atoms with Crippen LogP contribution in [0.1, 0.15) is 16.7 Å². The fraction of sp³-hybridized carbons (Fsp3) is 0.0857. The van der Waals surface area contributed by atoms with Crippen molar-refractivity contribution in [2.24, 2.45) is 0 Å². The SMILES string of the molecule is Cc1cccc(C)c1-n1ccnc1-c1[c-]ccc(C(F)(F)F)c1.[Ir].[c-]1cccc2c1c1nc3nccnc3n1c1ccccc21. The minimum absolute atomic E-state index is 0. The van der Waals surface area contributed by atoms with Gasteiger partial charge in [0.2, 0.25) is 0 Å². The van der Waals surface area contributed by atoms with Gasteiger partial charge in [-0.2, -0.15) is 13.2 Å². The van der Waals surface area contributed by atoms with Gasteiger partial charge in [0, 0.05) is 56.1 Å². The van der Waals surface area contributed by atoms with E-state index < -0.39 is 11.7 Å². The van der Waals surface area contributed by atoms with Crippen LogP contribution in [0.15, 0.2) is 104 Å². The number of halogens is 3. The normalized spacial score (nSPS) is 11.5. The summed E-state index contributed by atoms with van der Waals surface area (Å²) >= 11 is 0. The summed E-state index contributed by atoms with van der Waals surface area (Å²) in [6, 6.07) is 29.7. The Kier molecular flexibility index (Phi) is 7.95. The van der Waals surface area contributed by atoms with Gasteiger partial charge in [-0.25, -0.2) is 9.97 Å². The molecule has 1 radical (unpaired) electrons. The van der Waals surface area contributed by atoms with Gasteiger partial charge in [-0.15, -0.1) is 59.5 Å². The van der Waals surface area contributed by atoms with E-state index in [9.17, 15) is 13.2 Å². The Morgan fingerprint density at radius 2 is 1.49 bits per heavy atom. The van der Waals surface area contributed by atoms with Crippen LogP contribution in [0.3, 0.4) is 0 Å². The van der Waals surface area contributed by atoms with Crippen LogP contribution >= 0.6 is 0 Å². The molecule has 0 N–H and O–H groups in total. The number of para-hydroxylation sites is 2. The van der Waals surface area contributed by atoms with Crippen LogP contribution in [0.25, 0.3) is 55.7 Å². The van der Waals surface area contributed by atoms with Crippen LogP contribution in [0.2, 0.25) is 0 Å². The van der Waals surface area contributed by atoms with E-state index in [0.717, 1.165) is 56.5 Å². The predicted molar refractivity (Wildman–Crippen MR) is 164 cm³/mol. The summed E-state index contributed by atoms with van der Waals surface area (Å²) in [5, 5.41) is 3.31. The molecule has 0 aliphatic carbocycles. The summed E-state index contributed by atoms with van der Waals surface area (Å²) in [6.07, 6.45) is 2.31. The van der Waals surface area contributed by atoms with Crippen molar-refractivity contribution in [3.8, 4) is 17.1 Å². The number of aromatic nitrogens is 6. The summed E-state index contributed by atoms with van der Waals surface area (Å²) < 4.78 is 42.6. The molecule has 0 saturated heterocycles. The number of benzene rings is 4. The van der Waals surface area contributed by atoms with Crippen LogP contribution in [0.4, 0.5) is 13.2 Å². The number of alkyl halides is 3. The Balaban J connectivity index is 0.000000156. The Morgan fingerprint density at radius 1 is 0.733 bits per heavy atom. The van der Waals surface area contributed by atoms with Crippen molar-refractivity contribution >= 4 is 38.6 Å². The number of pyridine rings is 1.